The lowest BCUT2D eigenvalue weighted by molar-refractivity contribution is -0.385. The van der Waals surface area contributed by atoms with E-state index in [1.54, 1.807) is 19.1 Å². The minimum Gasteiger partial charge on any atom is -0.378 e. The Balaban J connectivity index is 2.20. The normalized spacial score (nSPS) is 11.9. The highest BCUT2D eigenvalue weighted by Crippen LogP contribution is 2.27. The van der Waals surface area contributed by atoms with Gasteiger partial charge < -0.3 is 5.32 Å². The number of nitrogens with one attached hydrogen (secondary N) is 1. The summed E-state index contributed by atoms with van der Waals surface area (Å²) in [5.41, 5.74) is 2.58. The topological polar surface area (TPSA) is 55.2 Å². The number of hydrogen-bond acceptors (Lipinski definition) is 3. The van der Waals surface area contributed by atoms with Gasteiger partial charge in [0.05, 0.1) is 4.92 Å². The molecule has 0 bridgehead atoms. The molecule has 104 valence electrons. The fourth-order valence-electron chi connectivity index (χ4n) is 2.10. The van der Waals surface area contributed by atoms with Crippen molar-refractivity contribution in [3.63, 3.8) is 0 Å². The maximum Gasteiger partial charge on any atom is 0.272 e. The minimum atomic E-state index is -0.378. The molecule has 2 aromatic rings. The van der Waals surface area contributed by atoms with Crippen molar-refractivity contribution in [2.24, 2.45) is 0 Å². The highest BCUT2D eigenvalue weighted by Gasteiger charge is 2.13. The van der Waals surface area contributed by atoms with Gasteiger partial charge in [0.2, 0.25) is 0 Å². The molecule has 0 amide bonds. The van der Waals surface area contributed by atoms with Crippen molar-refractivity contribution in [3.05, 3.63) is 68.7 Å². The van der Waals surface area contributed by atoms with Gasteiger partial charge >= 0.3 is 0 Å². The monoisotopic (exact) mass is 290 g/mol. The zero-order valence-electron chi connectivity index (χ0n) is 11.3. The second-order valence-electron chi connectivity index (χ2n) is 4.65. The van der Waals surface area contributed by atoms with Crippen LogP contribution in [0.3, 0.4) is 0 Å². The van der Waals surface area contributed by atoms with Crippen LogP contribution in [0, 0.1) is 17.0 Å². The number of rotatable bonds is 4. The van der Waals surface area contributed by atoms with E-state index < -0.39 is 0 Å². The van der Waals surface area contributed by atoms with Gasteiger partial charge in [-0.2, -0.15) is 0 Å². The first kappa shape index (κ1) is 14.3. The van der Waals surface area contributed by atoms with Crippen LogP contribution in [0.2, 0.25) is 5.02 Å². The van der Waals surface area contributed by atoms with Crippen molar-refractivity contribution in [1.82, 2.24) is 0 Å². The van der Waals surface area contributed by atoms with Crippen molar-refractivity contribution in [3.8, 4) is 0 Å². The summed E-state index contributed by atoms with van der Waals surface area (Å²) in [6.07, 6.45) is 0. The Morgan fingerprint density at radius 1 is 1.25 bits per heavy atom. The van der Waals surface area contributed by atoms with Crippen LogP contribution in [-0.4, -0.2) is 4.92 Å². The van der Waals surface area contributed by atoms with Crippen molar-refractivity contribution in [2.75, 3.05) is 5.32 Å². The second-order valence-corrected chi connectivity index (χ2v) is 5.05. The molecule has 1 unspecified atom stereocenters. The van der Waals surface area contributed by atoms with Crippen molar-refractivity contribution >= 4 is 23.0 Å². The Labute approximate surface area is 122 Å². The third-order valence-electron chi connectivity index (χ3n) is 3.15. The molecule has 1 N–H and O–H groups in total. The molecule has 0 fully saturated rings. The summed E-state index contributed by atoms with van der Waals surface area (Å²) >= 11 is 6.15. The van der Waals surface area contributed by atoms with E-state index in [9.17, 15) is 10.1 Å². The average Bonchev–Trinajstić information content (AvgIpc) is 2.38. The number of nitro groups is 1. The summed E-state index contributed by atoms with van der Waals surface area (Å²) in [7, 11) is 0. The first-order chi connectivity index (χ1) is 9.49. The summed E-state index contributed by atoms with van der Waals surface area (Å²) < 4.78 is 0. The van der Waals surface area contributed by atoms with E-state index in [2.05, 4.69) is 5.32 Å². The predicted molar refractivity (Wildman–Crippen MR) is 81.3 cm³/mol. The fraction of sp³-hybridized carbons (Fsp3) is 0.200. The molecular weight excluding hydrogens is 276 g/mol. The summed E-state index contributed by atoms with van der Waals surface area (Å²) in [5.74, 6) is 0. The van der Waals surface area contributed by atoms with E-state index >= 15 is 0 Å². The van der Waals surface area contributed by atoms with Crippen molar-refractivity contribution in [2.45, 2.75) is 19.9 Å². The molecule has 5 heteroatoms. The summed E-state index contributed by atoms with van der Waals surface area (Å²) in [6, 6.07) is 12.6. The van der Waals surface area contributed by atoms with Gasteiger partial charge in [0.25, 0.3) is 5.69 Å². The minimum absolute atomic E-state index is 0.0181. The lowest BCUT2D eigenvalue weighted by Gasteiger charge is -2.17. The molecule has 1 atom stereocenters. The number of aryl methyl sites for hydroxylation is 1. The van der Waals surface area contributed by atoms with Gasteiger partial charge in [-0.3, -0.25) is 10.1 Å². The lowest BCUT2D eigenvalue weighted by atomic mass is 10.1. The Kier molecular flexibility index (Phi) is 4.25. The van der Waals surface area contributed by atoms with Crippen LogP contribution in [0.25, 0.3) is 0 Å². The number of nitro benzene ring substituents is 1. The van der Waals surface area contributed by atoms with E-state index in [1.807, 2.05) is 31.2 Å². The Morgan fingerprint density at radius 2 is 1.95 bits per heavy atom. The van der Waals surface area contributed by atoms with Gasteiger partial charge in [0.15, 0.2) is 0 Å². The third-order valence-corrected chi connectivity index (χ3v) is 3.49. The van der Waals surface area contributed by atoms with Crippen LogP contribution in [0.1, 0.15) is 24.1 Å². The Hall–Kier alpha value is -2.07. The zero-order valence-corrected chi connectivity index (χ0v) is 12.0. The van der Waals surface area contributed by atoms with Gasteiger partial charge in [-0.15, -0.1) is 0 Å². The van der Waals surface area contributed by atoms with E-state index in [0.29, 0.717) is 10.6 Å². The second kappa shape index (κ2) is 5.92. The standard InChI is InChI=1S/C15H15ClN2O2/c1-10-9-12(7-8-15(10)18(19)20)17-11(2)13-5-3-4-6-14(13)16/h3-9,11,17H,1-2H3. The van der Waals surface area contributed by atoms with E-state index in [4.69, 9.17) is 11.6 Å². The van der Waals surface area contributed by atoms with Gasteiger partial charge in [0, 0.05) is 28.4 Å². The van der Waals surface area contributed by atoms with E-state index in [1.165, 1.54) is 6.07 Å². The highest BCUT2D eigenvalue weighted by molar-refractivity contribution is 6.31. The van der Waals surface area contributed by atoms with E-state index in [-0.39, 0.29) is 16.7 Å². The number of benzene rings is 2. The molecule has 0 saturated carbocycles. The molecule has 0 heterocycles. The quantitative estimate of drug-likeness (QED) is 0.654. The molecule has 0 aliphatic rings. The van der Waals surface area contributed by atoms with Gasteiger partial charge in [0.1, 0.15) is 0 Å². The van der Waals surface area contributed by atoms with Crippen molar-refractivity contribution in [1.29, 1.82) is 0 Å². The molecule has 0 aliphatic heterocycles. The number of anilines is 1. The first-order valence-electron chi connectivity index (χ1n) is 6.25. The molecule has 20 heavy (non-hydrogen) atoms. The molecule has 0 radical (unpaired) electrons. The number of hydrogen-bond donors (Lipinski definition) is 1. The van der Waals surface area contributed by atoms with Crippen molar-refractivity contribution < 1.29 is 4.92 Å². The predicted octanol–water partition coefficient (Wildman–Crippen LogP) is 4.73. The molecule has 0 spiro atoms. The fourth-order valence-corrected chi connectivity index (χ4v) is 2.40. The molecule has 0 aliphatic carbocycles. The number of halogens is 1. The molecule has 4 nitrogen and oxygen atoms in total. The van der Waals surface area contributed by atoms with Crippen LogP contribution >= 0.6 is 11.6 Å². The third kappa shape index (κ3) is 3.08. The highest BCUT2D eigenvalue weighted by atomic mass is 35.5. The van der Waals surface area contributed by atoms with Gasteiger partial charge in [-0.1, -0.05) is 29.8 Å². The molecule has 0 aromatic heterocycles. The molecule has 2 rings (SSSR count). The molecule has 2 aromatic carbocycles. The maximum atomic E-state index is 10.8. The van der Waals surface area contributed by atoms with Crippen LogP contribution in [0.4, 0.5) is 11.4 Å². The molecule has 0 saturated heterocycles. The average molecular weight is 291 g/mol. The summed E-state index contributed by atoms with van der Waals surface area (Å²) in [4.78, 5) is 10.4. The maximum absolute atomic E-state index is 10.8. The van der Waals surface area contributed by atoms with Crippen LogP contribution in [0.15, 0.2) is 42.5 Å². The van der Waals surface area contributed by atoms with E-state index in [0.717, 1.165) is 11.3 Å². The van der Waals surface area contributed by atoms with Gasteiger partial charge in [-0.05, 0) is 37.6 Å². The lowest BCUT2D eigenvalue weighted by Crippen LogP contribution is -2.07. The largest absolute Gasteiger partial charge is 0.378 e. The van der Waals surface area contributed by atoms with Crippen LogP contribution in [-0.2, 0) is 0 Å². The zero-order chi connectivity index (χ0) is 14.7. The number of nitrogens with zero attached hydrogens (tertiary/aromatic N) is 1. The Bertz CT molecular complexity index is 644. The van der Waals surface area contributed by atoms with Crippen LogP contribution < -0.4 is 5.32 Å². The Morgan fingerprint density at radius 3 is 2.55 bits per heavy atom. The molecular formula is C15H15ClN2O2. The summed E-state index contributed by atoms with van der Waals surface area (Å²) in [5, 5.41) is 14.8. The summed E-state index contributed by atoms with van der Waals surface area (Å²) in [6.45, 7) is 3.72. The van der Waals surface area contributed by atoms with Crippen LogP contribution in [0.5, 0.6) is 0 Å². The first-order valence-corrected chi connectivity index (χ1v) is 6.63. The SMILES string of the molecule is Cc1cc(NC(C)c2ccccc2Cl)ccc1[N+](=O)[O-]. The smallest absolute Gasteiger partial charge is 0.272 e. The van der Waals surface area contributed by atoms with Gasteiger partial charge in [-0.25, -0.2) is 0 Å².